The van der Waals surface area contributed by atoms with Crippen LogP contribution in [0.25, 0.3) is 11.0 Å². The zero-order valence-electron chi connectivity index (χ0n) is 14.7. The third-order valence-electron chi connectivity index (χ3n) is 3.84. The summed E-state index contributed by atoms with van der Waals surface area (Å²) < 4.78 is 33.7. The molecule has 27 heavy (non-hydrogen) atoms. The van der Waals surface area contributed by atoms with E-state index in [1.54, 1.807) is 37.3 Å². The number of benzene rings is 2. The van der Waals surface area contributed by atoms with Crippen LogP contribution in [0.4, 0.5) is 5.69 Å². The van der Waals surface area contributed by atoms with Gasteiger partial charge in [-0.15, -0.1) is 0 Å². The molecular formula is C19H17NO6S. The molecule has 0 bridgehead atoms. The summed E-state index contributed by atoms with van der Waals surface area (Å²) in [5.74, 6) is -0.0808. The van der Waals surface area contributed by atoms with E-state index in [4.69, 9.17) is 9.15 Å². The molecule has 0 saturated heterocycles. The third-order valence-corrected chi connectivity index (χ3v) is 4.95. The number of sulfone groups is 1. The van der Waals surface area contributed by atoms with Gasteiger partial charge in [0, 0.05) is 29.5 Å². The second-order valence-electron chi connectivity index (χ2n) is 6.04. The number of aryl methyl sites for hydroxylation is 1. The molecule has 0 aliphatic rings. The van der Waals surface area contributed by atoms with Crippen molar-refractivity contribution in [2.75, 3.05) is 18.2 Å². The van der Waals surface area contributed by atoms with Crippen LogP contribution in [0.1, 0.15) is 5.56 Å². The zero-order valence-corrected chi connectivity index (χ0v) is 15.5. The van der Waals surface area contributed by atoms with Gasteiger partial charge in [-0.25, -0.2) is 13.2 Å². The van der Waals surface area contributed by atoms with Crippen molar-refractivity contribution in [1.29, 1.82) is 0 Å². The molecule has 7 nitrogen and oxygen atoms in total. The molecule has 1 aromatic heterocycles. The fourth-order valence-corrected chi connectivity index (χ4v) is 3.21. The van der Waals surface area contributed by atoms with Crippen molar-refractivity contribution in [1.82, 2.24) is 0 Å². The van der Waals surface area contributed by atoms with Gasteiger partial charge in [0.25, 0.3) is 5.91 Å². The minimum Gasteiger partial charge on any atom is -0.484 e. The molecule has 8 heteroatoms. The molecule has 0 fully saturated rings. The third kappa shape index (κ3) is 4.53. The van der Waals surface area contributed by atoms with Gasteiger partial charge < -0.3 is 14.5 Å². The number of rotatable bonds is 5. The maximum atomic E-state index is 12.1. The van der Waals surface area contributed by atoms with Gasteiger partial charge in [-0.05, 0) is 42.8 Å². The lowest BCUT2D eigenvalue weighted by atomic mass is 10.1. The van der Waals surface area contributed by atoms with Gasteiger partial charge in [0.1, 0.15) is 11.3 Å². The van der Waals surface area contributed by atoms with E-state index < -0.39 is 21.4 Å². The van der Waals surface area contributed by atoms with Crippen LogP contribution in [0.15, 0.2) is 62.6 Å². The molecule has 1 heterocycles. The van der Waals surface area contributed by atoms with E-state index in [-0.39, 0.29) is 11.5 Å². The summed E-state index contributed by atoms with van der Waals surface area (Å²) in [5.41, 5.74) is 1.06. The Bertz CT molecular complexity index is 1180. The summed E-state index contributed by atoms with van der Waals surface area (Å²) in [6, 6.07) is 12.3. The van der Waals surface area contributed by atoms with Crippen LogP contribution < -0.4 is 15.7 Å². The summed E-state index contributed by atoms with van der Waals surface area (Å²) in [6.07, 6.45) is 1.09. The van der Waals surface area contributed by atoms with Gasteiger partial charge >= 0.3 is 5.63 Å². The standard InChI is InChI=1S/C19H17NO6S/c1-12-8-19(22)26-17-10-14(6-7-16(12)17)25-11-18(21)20-13-4-3-5-15(9-13)27(2,23)24/h3-10H,11H2,1-2H3,(H,20,21). The van der Waals surface area contributed by atoms with Gasteiger partial charge in [-0.1, -0.05) is 6.07 Å². The second-order valence-corrected chi connectivity index (χ2v) is 8.06. The molecule has 3 aromatic rings. The number of nitrogens with one attached hydrogen (secondary N) is 1. The number of anilines is 1. The largest absolute Gasteiger partial charge is 0.484 e. The minimum atomic E-state index is -3.36. The van der Waals surface area contributed by atoms with E-state index in [2.05, 4.69) is 5.32 Å². The Hall–Kier alpha value is -3.13. The van der Waals surface area contributed by atoms with Gasteiger partial charge in [-0.2, -0.15) is 0 Å². The number of ether oxygens (including phenoxy) is 1. The van der Waals surface area contributed by atoms with Gasteiger partial charge in [0.15, 0.2) is 16.4 Å². The van der Waals surface area contributed by atoms with Crippen LogP contribution in [-0.4, -0.2) is 27.2 Å². The molecular weight excluding hydrogens is 370 g/mol. The van der Waals surface area contributed by atoms with E-state index >= 15 is 0 Å². The number of amides is 1. The quantitative estimate of drug-likeness (QED) is 0.675. The van der Waals surface area contributed by atoms with Crippen molar-refractivity contribution in [2.24, 2.45) is 0 Å². The molecule has 1 N–H and O–H groups in total. The van der Waals surface area contributed by atoms with Crippen molar-refractivity contribution < 1.29 is 22.4 Å². The first-order valence-electron chi connectivity index (χ1n) is 8.00. The van der Waals surface area contributed by atoms with E-state index in [0.29, 0.717) is 17.0 Å². The summed E-state index contributed by atoms with van der Waals surface area (Å²) in [4.78, 5) is 23.6. The number of hydrogen-bond donors (Lipinski definition) is 1. The fraction of sp³-hybridized carbons (Fsp3) is 0.158. The van der Waals surface area contributed by atoms with Crippen LogP contribution in [0.3, 0.4) is 0 Å². The fourth-order valence-electron chi connectivity index (χ4n) is 2.55. The average Bonchev–Trinajstić information content (AvgIpc) is 2.59. The van der Waals surface area contributed by atoms with E-state index in [0.717, 1.165) is 17.2 Å². The van der Waals surface area contributed by atoms with Gasteiger partial charge in [-0.3, -0.25) is 4.79 Å². The highest BCUT2D eigenvalue weighted by molar-refractivity contribution is 7.90. The summed E-state index contributed by atoms with van der Waals surface area (Å²) >= 11 is 0. The Kier molecular flexibility index (Phi) is 5.00. The highest BCUT2D eigenvalue weighted by atomic mass is 32.2. The van der Waals surface area contributed by atoms with E-state index in [1.165, 1.54) is 18.2 Å². The second kappa shape index (κ2) is 7.24. The van der Waals surface area contributed by atoms with Gasteiger partial charge in [0.05, 0.1) is 4.90 Å². The summed E-state index contributed by atoms with van der Waals surface area (Å²) in [6.45, 7) is 1.52. The molecule has 0 unspecified atom stereocenters. The van der Waals surface area contributed by atoms with Crippen LogP contribution >= 0.6 is 0 Å². The van der Waals surface area contributed by atoms with Crippen LogP contribution in [0.5, 0.6) is 5.75 Å². The highest BCUT2D eigenvalue weighted by Gasteiger charge is 2.10. The Morgan fingerprint density at radius 3 is 2.67 bits per heavy atom. The van der Waals surface area contributed by atoms with Crippen molar-refractivity contribution >= 4 is 32.4 Å². The normalized spacial score (nSPS) is 11.3. The number of hydrogen-bond acceptors (Lipinski definition) is 6. The monoisotopic (exact) mass is 387 g/mol. The first-order chi connectivity index (χ1) is 12.7. The van der Waals surface area contributed by atoms with Crippen molar-refractivity contribution in [3.8, 4) is 5.75 Å². The first kappa shape index (κ1) is 18.7. The molecule has 0 aliphatic carbocycles. The van der Waals surface area contributed by atoms with E-state index in [9.17, 15) is 18.0 Å². The molecule has 0 aliphatic heterocycles. The zero-order chi connectivity index (χ0) is 19.6. The maximum absolute atomic E-state index is 12.1. The van der Waals surface area contributed by atoms with Crippen LogP contribution in [0, 0.1) is 6.92 Å². The number of carbonyl (C=O) groups is 1. The Labute approximate surface area is 155 Å². The first-order valence-corrected chi connectivity index (χ1v) is 9.89. The van der Waals surface area contributed by atoms with Crippen LogP contribution in [0.2, 0.25) is 0 Å². The molecule has 1 amide bonds. The average molecular weight is 387 g/mol. The van der Waals surface area contributed by atoms with Crippen molar-refractivity contribution in [2.45, 2.75) is 11.8 Å². The molecule has 3 rings (SSSR count). The summed E-state index contributed by atoms with van der Waals surface area (Å²) in [7, 11) is -3.36. The molecule has 0 spiro atoms. The SMILES string of the molecule is Cc1cc(=O)oc2cc(OCC(=O)Nc3cccc(S(C)(=O)=O)c3)ccc12. The van der Waals surface area contributed by atoms with Crippen molar-refractivity contribution in [3.05, 3.63) is 64.5 Å². The lowest BCUT2D eigenvalue weighted by Gasteiger charge is -2.09. The van der Waals surface area contributed by atoms with Gasteiger partial charge in [0.2, 0.25) is 0 Å². The smallest absolute Gasteiger partial charge is 0.336 e. The molecule has 0 atom stereocenters. The van der Waals surface area contributed by atoms with Crippen molar-refractivity contribution in [3.63, 3.8) is 0 Å². The maximum Gasteiger partial charge on any atom is 0.336 e. The van der Waals surface area contributed by atoms with E-state index in [1.807, 2.05) is 0 Å². The Balaban J connectivity index is 1.69. The predicted molar refractivity (Wildman–Crippen MR) is 101 cm³/mol. The van der Waals surface area contributed by atoms with Crippen LogP contribution in [-0.2, 0) is 14.6 Å². The number of fused-ring (bicyclic) bond motifs is 1. The lowest BCUT2D eigenvalue weighted by molar-refractivity contribution is -0.118. The Morgan fingerprint density at radius 1 is 1.15 bits per heavy atom. The summed E-state index contributed by atoms with van der Waals surface area (Å²) in [5, 5.41) is 3.36. The topological polar surface area (TPSA) is 103 Å². The molecule has 2 aromatic carbocycles. The predicted octanol–water partition coefficient (Wildman–Crippen LogP) is 2.52. The Morgan fingerprint density at radius 2 is 1.93 bits per heavy atom. The molecule has 0 saturated carbocycles. The minimum absolute atomic E-state index is 0.112. The molecule has 0 radical (unpaired) electrons. The molecule has 140 valence electrons. The highest BCUT2D eigenvalue weighted by Crippen LogP contribution is 2.22. The lowest BCUT2D eigenvalue weighted by Crippen LogP contribution is -2.20. The number of carbonyl (C=O) groups excluding carboxylic acids is 1.